The molecule has 6 rings (SSSR count). The van der Waals surface area contributed by atoms with Crippen molar-refractivity contribution >= 4 is 40.7 Å². The highest BCUT2D eigenvalue weighted by Gasteiger charge is 2.47. The molecular formula is C29H30ClN5O4. The van der Waals surface area contributed by atoms with Crippen molar-refractivity contribution in [2.75, 3.05) is 31.6 Å². The molecule has 0 saturated carbocycles. The van der Waals surface area contributed by atoms with Crippen LogP contribution in [0.25, 0.3) is 0 Å². The second-order valence-electron chi connectivity index (χ2n) is 10.7. The minimum atomic E-state index is -0.638. The molecule has 10 heteroatoms. The van der Waals surface area contributed by atoms with Crippen molar-refractivity contribution in [2.24, 2.45) is 0 Å². The Kier molecular flexibility index (Phi) is 6.64. The van der Waals surface area contributed by atoms with Crippen molar-refractivity contribution in [3.63, 3.8) is 0 Å². The molecule has 39 heavy (non-hydrogen) atoms. The molecule has 1 atom stereocenters. The second kappa shape index (κ2) is 10.1. The van der Waals surface area contributed by atoms with Crippen LogP contribution in [0.15, 0.2) is 48.7 Å². The number of nitrogens with zero attached hydrogens (tertiary/aromatic N) is 2. The molecule has 3 N–H and O–H groups in total. The summed E-state index contributed by atoms with van der Waals surface area (Å²) in [5.74, 6) is -0.102. The van der Waals surface area contributed by atoms with Crippen LogP contribution in [0.5, 0.6) is 5.75 Å². The van der Waals surface area contributed by atoms with Crippen LogP contribution < -0.4 is 15.4 Å². The van der Waals surface area contributed by atoms with Gasteiger partial charge in [-0.3, -0.25) is 24.6 Å². The number of benzene rings is 2. The smallest absolute Gasteiger partial charge is 0.255 e. The standard InChI is InChI=1S/C29H30ClN5O4/c30-22-3-1-2-4-23(22)32-12-9-18(31)15-34-13-10-29(11-14-34)17-39-26-20-16-35(24-7-8-25(36)33-27(24)37)28(38)19(20)5-6-21(26)29/h1-6,9,12,24,31-32H,7-8,10-11,13-17H2,(H,33,36,37)/b12-9-,31-18?. The Labute approximate surface area is 231 Å². The Morgan fingerprint density at radius 2 is 1.97 bits per heavy atom. The zero-order valence-corrected chi connectivity index (χ0v) is 22.2. The van der Waals surface area contributed by atoms with E-state index in [9.17, 15) is 14.4 Å². The summed E-state index contributed by atoms with van der Waals surface area (Å²) in [4.78, 5) is 41.0. The van der Waals surface area contributed by atoms with Crippen molar-refractivity contribution in [3.8, 4) is 5.75 Å². The normalized spacial score (nSPS) is 22.1. The van der Waals surface area contributed by atoms with Crippen LogP contribution in [0.2, 0.25) is 5.02 Å². The summed E-state index contributed by atoms with van der Waals surface area (Å²) >= 11 is 6.17. The SMILES string of the molecule is N=C(/C=C\Nc1ccccc1Cl)CN1CCC2(CC1)COc1c2ccc2c1CN(C1CCC(=O)NC1=O)C2=O. The number of rotatable bonds is 6. The summed E-state index contributed by atoms with van der Waals surface area (Å²) in [5, 5.41) is 14.5. The lowest BCUT2D eigenvalue weighted by molar-refractivity contribution is -0.136. The molecule has 4 heterocycles. The molecule has 0 radical (unpaired) electrons. The van der Waals surface area contributed by atoms with Crippen LogP contribution in [0.4, 0.5) is 5.69 Å². The third-order valence-corrected chi connectivity index (χ3v) is 8.66. The van der Waals surface area contributed by atoms with Gasteiger partial charge in [0.05, 0.1) is 23.9 Å². The number of anilines is 1. The lowest BCUT2D eigenvalue weighted by atomic mass is 9.74. The lowest BCUT2D eigenvalue weighted by Gasteiger charge is -2.38. The lowest BCUT2D eigenvalue weighted by Crippen LogP contribution is -2.52. The van der Waals surface area contributed by atoms with Gasteiger partial charge in [-0.2, -0.15) is 0 Å². The molecule has 2 fully saturated rings. The van der Waals surface area contributed by atoms with E-state index in [0.717, 1.165) is 48.5 Å². The maximum absolute atomic E-state index is 13.2. The number of para-hydroxylation sites is 1. The molecule has 9 nitrogen and oxygen atoms in total. The van der Waals surface area contributed by atoms with E-state index in [1.165, 1.54) is 0 Å². The van der Waals surface area contributed by atoms with Gasteiger partial charge in [-0.1, -0.05) is 29.8 Å². The van der Waals surface area contributed by atoms with Crippen LogP contribution in [0.3, 0.4) is 0 Å². The Morgan fingerprint density at radius 3 is 2.74 bits per heavy atom. The third-order valence-electron chi connectivity index (χ3n) is 8.34. The number of carbonyl (C=O) groups excluding carboxylic acids is 3. The first-order chi connectivity index (χ1) is 18.8. The van der Waals surface area contributed by atoms with Gasteiger partial charge in [0.25, 0.3) is 5.91 Å². The van der Waals surface area contributed by atoms with Crippen LogP contribution >= 0.6 is 11.6 Å². The molecular weight excluding hydrogens is 518 g/mol. The quantitative estimate of drug-likeness (QED) is 0.377. The largest absolute Gasteiger partial charge is 0.492 e. The number of nitrogens with one attached hydrogen (secondary N) is 3. The first kappa shape index (κ1) is 25.6. The summed E-state index contributed by atoms with van der Waals surface area (Å²) in [5.41, 5.74) is 3.76. The van der Waals surface area contributed by atoms with Crippen LogP contribution in [0.1, 0.15) is 47.2 Å². The molecule has 2 aromatic rings. The molecule has 4 aliphatic heterocycles. The van der Waals surface area contributed by atoms with Gasteiger partial charge < -0.3 is 20.4 Å². The van der Waals surface area contributed by atoms with Gasteiger partial charge in [-0.25, -0.2) is 0 Å². The molecule has 4 aliphatic rings. The molecule has 0 aromatic heterocycles. The van der Waals surface area contributed by atoms with Gasteiger partial charge in [0, 0.05) is 47.0 Å². The molecule has 1 unspecified atom stereocenters. The van der Waals surface area contributed by atoms with Gasteiger partial charge in [0.15, 0.2) is 0 Å². The number of fused-ring (bicyclic) bond motifs is 4. The average Bonchev–Trinajstić information content (AvgIpc) is 3.44. The van der Waals surface area contributed by atoms with E-state index < -0.39 is 11.9 Å². The van der Waals surface area contributed by atoms with Gasteiger partial charge >= 0.3 is 0 Å². The van der Waals surface area contributed by atoms with Crippen molar-refractivity contribution < 1.29 is 19.1 Å². The van der Waals surface area contributed by atoms with E-state index in [4.69, 9.17) is 21.7 Å². The second-order valence-corrected chi connectivity index (χ2v) is 11.1. The molecule has 0 bridgehead atoms. The number of amides is 3. The van der Waals surface area contributed by atoms with Crippen molar-refractivity contribution in [2.45, 2.75) is 43.7 Å². The summed E-state index contributed by atoms with van der Waals surface area (Å²) in [6.07, 6.45) is 5.88. The maximum atomic E-state index is 13.2. The molecule has 2 saturated heterocycles. The van der Waals surface area contributed by atoms with Crippen LogP contribution in [-0.4, -0.2) is 65.5 Å². The summed E-state index contributed by atoms with van der Waals surface area (Å²) in [6, 6.07) is 10.7. The highest BCUT2D eigenvalue weighted by molar-refractivity contribution is 6.33. The molecule has 2 aromatic carbocycles. The molecule has 3 amide bonds. The van der Waals surface area contributed by atoms with Gasteiger partial charge in [0.2, 0.25) is 11.8 Å². The topological polar surface area (TPSA) is 115 Å². The van der Waals surface area contributed by atoms with E-state index in [1.54, 1.807) is 17.2 Å². The zero-order valence-electron chi connectivity index (χ0n) is 21.5. The molecule has 202 valence electrons. The fraction of sp³-hybridized carbons (Fsp3) is 0.379. The van der Waals surface area contributed by atoms with E-state index in [1.807, 2.05) is 36.4 Å². The summed E-state index contributed by atoms with van der Waals surface area (Å²) in [7, 11) is 0. The highest BCUT2D eigenvalue weighted by Crippen LogP contribution is 2.49. The van der Waals surface area contributed by atoms with Crippen molar-refractivity contribution in [1.29, 1.82) is 5.41 Å². The Bertz CT molecular complexity index is 1400. The van der Waals surface area contributed by atoms with Gasteiger partial charge in [-0.15, -0.1) is 0 Å². The zero-order chi connectivity index (χ0) is 27.1. The van der Waals surface area contributed by atoms with E-state index in [-0.39, 0.29) is 23.7 Å². The number of hydrogen-bond acceptors (Lipinski definition) is 7. The van der Waals surface area contributed by atoms with E-state index >= 15 is 0 Å². The van der Waals surface area contributed by atoms with Gasteiger partial charge in [-0.05, 0) is 56.6 Å². The predicted octanol–water partition coefficient (Wildman–Crippen LogP) is 3.47. The van der Waals surface area contributed by atoms with Crippen LogP contribution in [0, 0.1) is 5.41 Å². The number of piperidine rings is 2. The third kappa shape index (κ3) is 4.70. The summed E-state index contributed by atoms with van der Waals surface area (Å²) < 4.78 is 6.26. The van der Waals surface area contributed by atoms with E-state index in [2.05, 4.69) is 15.5 Å². The highest BCUT2D eigenvalue weighted by atomic mass is 35.5. The van der Waals surface area contributed by atoms with E-state index in [0.29, 0.717) is 42.4 Å². The van der Waals surface area contributed by atoms with Crippen molar-refractivity contribution in [1.82, 2.24) is 15.1 Å². The molecule has 1 spiro atoms. The fourth-order valence-electron chi connectivity index (χ4n) is 6.14. The van der Waals surface area contributed by atoms with Crippen LogP contribution in [-0.2, 0) is 21.5 Å². The Hall–Kier alpha value is -3.69. The predicted molar refractivity (Wildman–Crippen MR) is 147 cm³/mol. The average molecular weight is 548 g/mol. The van der Waals surface area contributed by atoms with Gasteiger partial charge in [0.1, 0.15) is 11.8 Å². The number of hydrogen-bond donors (Lipinski definition) is 3. The minimum Gasteiger partial charge on any atom is -0.492 e. The number of ether oxygens (including phenoxy) is 1. The first-order valence-electron chi connectivity index (χ1n) is 13.3. The van der Waals surface area contributed by atoms with Crippen molar-refractivity contribution in [3.05, 3.63) is 70.4 Å². The monoisotopic (exact) mass is 547 g/mol. The summed E-state index contributed by atoms with van der Waals surface area (Å²) in [6.45, 7) is 3.13. The maximum Gasteiger partial charge on any atom is 0.255 e. The number of halogens is 1. The number of carbonyl (C=O) groups is 3. The molecule has 0 aliphatic carbocycles. The Morgan fingerprint density at radius 1 is 1.18 bits per heavy atom. The fourth-order valence-corrected chi connectivity index (χ4v) is 6.33. The Balaban J connectivity index is 1.09. The first-order valence-corrected chi connectivity index (χ1v) is 13.6. The minimum absolute atomic E-state index is 0.115. The number of imide groups is 1. The number of likely N-dealkylation sites (tertiary alicyclic amines) is 1.